The molecule has 2 N–H and O–H groups in total. The van der Waals surface area contributed by atoms with Crippen LogP contribution in [0.5, 0.6) is 5.75 Å². The van der Waals surface area contributed by atoms with Crippen molar-refractivity contribution in [3.05, 3.63) is 108 Å². The molecule has 2 aromatic heterocycles. The first-order valence-corrected chi connectivity index (χ1v) is 10.7. The third-order valence-electron chi connectivity index (χ3n) is 5.73. The maximum atomic E-state index is 12.9. The molecule has 33 heavy (non-hydrogen) atoms. The monoisotopic (exact) mass is 437 g/mol. The van der Waals surface area contributed by atoms with Crippen molar-refractivity contribution in [3.8, 4) is 11.4 Å². The fourth-order valence-corrected chi connectivity index (χ4v) is 3.99. The van der Waals surface area contributed by atoms with Crippen LogP contribution in [-0.2, 0) is 0 Å². The summed E-state index contributed by atoms with van der Waals surface area (Å²) in [6, 6.07) is 25.7. The number of methoxy groups -OCH3 is 1. The third-order valence-corrected chi connectivity index (χ3v) is 5.73. The van der Waals surface area contributed by atoms with E-state index in [2.05, 4.69) is 26.7 Å². The Bertz CT molecular complexity index is 1370. The molecule has 2 heterocycles. The number of nitrogens with one attached hydrogen (secondary N) is 2. The van der Waals surface area contributed by atoms with Gasteiger partial charge in [0.05, 0.1) is 19.0 Å². The topological polar surface area (TPSA) is 84.8 Å². The average Bonchev–Trinajstić information content (AvgIpc) is 3.53. The number of hydrogen-bond acceptors (Lipinski definition) is 4. The molecule has 0 fully saturated rings. The first kappa shape index (κ1) is 20.5. The molecular formula is C26H23N5O2. The third kappa shape index (κ3) is 4.21. The van der Waals surface area contributed by atoms with E-state index in [9.17, 15) is 4.79 Å². The number of carbonyl (C=O) groups excluding carboxylic acids is 1. The number of ether oxygens (including phenoxy) is 1. The molecule has 0 saturated heterocycles. The highest BCUT2D eigenvalue weighted by Crippen LogP contribution is 2.31. The first-order valence-electron chi connectivity index (χ1n) is 10.7. The maximum Gasteiger partial charge on any atom is 0.273 e. The van der Waals surface area contributed by atoms with E-state index in [1.54, 1.807) is 18.0 Å². The Hall–Kier alpha value is -4.39. The Morgan fingerprint density at radius 1 is 1.03 bits per heavy atom. The molecule has 0 saturated carbocycles. The number of fused-ring (bicyclic) bond motifs is 1. The molecule has 1 atom stereocenters. The zero-order valence-corrected chi connectivity index (χ0v) is 18.1. The lowest BCUT2D eigenvalue weighted by Crippen LogP contribution is -2.29. The van der Waals surface area contributed by atoms with E-state index in [0.29, 0.717) is 6.54 Å². The van der Waals surface area contributed by atoms with Gasteiger partial charge in [0.25, 0.3) is 5.91 Å². The molecule has 0 aliphatic carbocycles. The lowest BCUT2D eigenvalue weighted by molar-refractivity contribution is 0.0947. The summed E-state index contributed by atoms with van der Waals surface area (Å²) < 4.78 is 6.90. The van der Waals surface area contributed by atoms with Crippen molar-refractivity contribution in [1.82, 2.24) is 25.3 Å². The first-order chi connectivity index (χ1) is 16.2. The van der Waals surface area contributed by atoms with Gasteiger partial charge in [-0.15, -0.1) is 5.10 Å². The van der Waals surface area contributed by atoms with Gasteiger partial charge in [0.2, 0.25) is 0 Å². The molecule has 0 bridgehead atoms. The Morgan fingerprint density at radius 3 is 2.58 bits per heavy atom. The van der Waals surface area contributed by atoms with Crippen LogP contribution in [0.1, 0.15) is 27.5 Å². The Morgan fingerprint density at radius 2 is 1.79 bits per heavy atom. The van der Waals surface area contributed by atoms with Crippen LogP contribution in [0, 0.1) is 0 Å². The van der Waals surface area contributed by atoms with Crippen LogP contribution in [0.2, 0.25) is 0 Å². The van der Waals surface area contributed by atoms with Crippen molar-refractivity contribution in [3.63, 3.8) is 0 Å². The Kier molecular flexibility index (Phi) is 5.59. The highest BCUT2D eigenvalue weighted by atomic mass is 16.5. The fraction of sp³-hybridized carbons (Fsp3) is 0.115. The average molecular weight is 438 g/mol. The van der Waals surface area contributed by atoms with Gasteiger partial charge in [0.1, 0.15) is 5.75 Å². The van der Waals surface area contributed by atoms with Crippen LogP contribution in [0.3, 0.4) is 0 Å². The van der Waals surface area contributed by atoms with Crippen molar-refractivity contribution >= 4 is 16.8 Å². The molecule has 7 nitrogen and oxygen atoms in total. The minimum absolute atomic E-state index is 0.0554. The zero-order valence-electron chi connectivity index (χ0n) is 18.1. The van der Waals surface area contributed by atoms with Crippen LogP contribution < -0.4 is 10.1 Å². The number of benzene rings is 3. The molecule has 0 aliphatic rings. The number of amides is 1. The number of aromatic nitrogens is 4. The van der Waals surface area contributed by atoms with Crippen LogP contribution in [0.15, 0.2) is 91.3 Å². The summed E-state index contributed by atoms with van der Waals surface area (Å²) in [5.74, 6) is 0.466. The van der Waals surface area contributed by atoms with E-state index in [-0.39, 0.29) is 17.5 Å². The zero-order chi connectivity index (χ0) is 22.6. The molecule has 3 aromatic carbocycles. The molecule has 5 aromatic rings. The number of hydrogen-bond donors (Lipinski definition) is 2. The van der Waals surface area contributed by atoms with Gasteiger partial charge in [-0.3, -0.25) is 4.79 Å². The number of nitrogens with zero attached hydrogens (tertiary/aromatic N) is 3. The standard InChI is InChI=1S/C26H23N5O2/c1-33-20-13-11-18(12-14-20)22(23-16-27-24-10-6-5-9-21(23)24)15-28-26(32)25-17-31(30-29-25)19-7-3-2-4-8-19/h2-14,16-17,22,27H,15H2,1H3,(H,28,32). The smallest absolute Gasteiger partial charge is 0.273 e. The van der Waals surface area contributed by atoms with Gasteiger partial charge in [0.15, 0.2) is 5.69 Å². The summed E-state index contributed by atoms with van der Waals surface area (Å²) in [5.41, 5.74) is 4.37. The molecule has 5 rings (SSSR count). The van der Waals surface area contributed by atoms with Gasteiger partial charge < -0.3 is 15.0 Å². The normalized spacial score (nSPS) is 11.9. The predicted octanol–water partition coefficient (Wildman–Crippen LogP) is 4.32. The Labute approximate surface area is 191 Å². The minimum Gasteiger partial charge on any atom is -0.497 e. The summed E-state index contributed by atoms with van der Waals surface area (Å²) >= 11 is 0. The van der Waals surface area contributed by atoms with E-state index in [4.69, 9.17) is 4.74 Å². The minimum atomic E-state index is -0.268. The van der Waals surface area contributed by atoms with Crippen LogP contribution in [-0.4, -0.2) is 39.5 Å². The lowest BCUT2D eigenvalue weighted by Gasteiger charge is -2.18. The SMILES string of the molecule is COc1ccc(C(CNC(=O)c2cn(-c3ccccc3)nn2)c2c[nH]c3ccccc23)cc1. The Balaban J connectivity index is 1.40. The van der Waals surface area contributed by atoms with Gasteiger partial charge in [-0.25, -0.2) is 4.68 Å². The van der Waals surface area contributed by atoms with Crippen LogP contribution in [0.25, 0.3) is 16.6 Å². The molecule has 0 spiro atoms. The van der Waals surface area contributed by atoms with Crippen molar-refractivity contribution in [2.75, 3.05) is 13.7 Å². The van der Waals surface area contributed by atoms with E-state index < -0.39 is 0 Å². The van der Waals surface area contributed by atoms with Crippen LogP contribution in [0.4, 0.5) is 0 Å². The summed E-state index contributed by atoms with van der Waals surface area (Å²) in [5, 5.41) is 12.3. The maximum absolute atomic E-state index is 12.9. The van der Waals surface area contributed by atoms with Crippen molar-refractivity contribution in [2.24, 2.45) is 0 Å². The molecule has 1 unspecified atom stereocenters. The van der Waals surface area contributed by atoms with E-state index in [0.717, 1.165) is 33.5 Å². The van der Waals surface area contributed by atoms with Gasteiger partial charge in [-0.05, 0) is 41.5 Å². The van der Waals surface area contributed by atoms with Crippen molar-refractivity contribution in [2.45, 2.75) is 5.92 Å². The number of rotatable bonds is 7. The number of carbonyl (C=O) groups is 1. The second-order valence-electron chi connectivity index (χ2n) is 7.71. The van der Waals surface area contributed by atoms with E-state index >= 15 is 0 Å². The molecule has 1 amide bonds. The van der Waals surface area contributed by atoms with Crippen molar-refractivity contribution in [1.29, 1.82) is 0 Å². The van der Waals surface area contributed by atoms with Gasteiger partial charge >= 0.3 is 0 Å². The second kappa shape index (κ2) is 9.00. The molecule has 164 valence electrons. The van der Waals surface area contributed by atoms with E-state index in [1.807, 2.05) is 79.0 Å². The summed E-state index contributed by atoms with van der Waals surface area (Å²) in [6.45, 7) is 0.408. The van der Waals surface area contributed by atoms with Gasteiger partial charge in [-0.2, -0.15) is 0 Å². The molecule has 0 radical (unpaired) electrons. The lowest BCUT2D eigenvalue weighted by atomic mass is 9.90. The van der Waals surface area contributed by atoms with Gasteiger partial charge in [0, 0.05) is 29.6 Å². The molecule has 0 aliphatic heterocycles. The predicted molar refractivity (Wildman–Crippen MR) is 127 cm³/mol. The largest absolute Gasteiger partial charge is 0.497 e. The summed E-state index contributed by atoms with van der Waals surface area (Å²) in [4.78, 5) is 16.2. The number of H-pyrrole nitrogens is 1. The number of aromatic amines is 1. The van der Waals surface area contributed by atoms with Gasteiger partial charge in [-0.1, -0.05) is 53.7 Å². The fourth-order valence-electron chi connectivity index (χ4n) is 3.99. The quantitative estimate of drug-likeness (QED) is 0.397. The van der Waals surface area contributed by atoms with Crippen molar-refractivity contribution < 1.29 is 9.53 Å². The molecule has 7 heteroatoms. The highest BCUT2D eigenvalue weighted by molar-refractivity contribution is 5.92. The summed E-state index contributed by atoms with van der Waals surface area (Å²) in [7, 11) is 1.65. The summed E-state index contributed by atoms with van der Waals surface area (Å²) in [6.07, 6.45) is 3.65. The second-order valence-corrected chi connectivity index (χ2v) is 7.71. The van der Waals surface area contributed by atoms with E-state index in [1.165, 1.54) is 0 Å². The highest BCUT2D eigenvalue weighted by Gasteiger charge is 2.20. The molecular weight excluding hydrogens is 414 g/mol. The number of para-hydroxylation sites is 2. The van der Waals surface area contributed by atoms with Crippen LogP contribution >= 0.6 is 0 Å².